The third-order valence-electron chi connectivity index (χ3n) is 3.14. The van der Waals surface area contributed by atoms with E-state index in [1.165, 1.54) is 23.5 Å². The molecular weight excluding hydrogens is 348 g/mol. The fraction of sp³-hybridized carbons (Fsp3) is 0.214. The fourth-order valence-electron chi connectivity index (χ4n) is 2.09. The third-order valence-corrected chi connectivity index (χ3v) is 3.97. The Bertz CT molecular complexity index is 964. The molecule has 3 rings (SSSR count). The molecule has 0 aliphatic rings. The average Bonchev–Trinajstić information content (AvgIpc) is 2.86. The van der Waals surface area contributed by atoms with Crippen molar-refractivity contribution in [3.05, 3.63) is 56.7 Å². The molecule has 10 heteroatoms. The van der Waals surface area contributed by atoms with Crippen molar-refractivity contribution in [3.8, 4) is 0 Å². The van der Waals surface area contributed by atoms with Gasteiger partial charge in [-0.1, -0.05) is 11.3 Å². The number of aryl methyl sites for hydroxylation is 1. The standard InChI is InChI=1S/C14H10F4N4OS/c1-7-21-22-12(23)5-9(20-13(22)24-7)6-19-8-2-3-11(15)10(4-8)14(16,17)18/h2-5,19H,6H2,1H3. The number of rotatable bonds is 3. The van der Waals surface area contributed by atoms with Crippen LogP contribution >= 0.6 is 11.3 Å². The highest BCUT2D eigenvalue weighted by atomic mass is 32.1. The average molecular weight is 358 g/mol. The minimum Gasteiger partial charge on any atom is -0.379 e. The molecule has 0 saturated heterocycles. The van der Waals surface area contributed by atoms with E-state index in [2.05, 4.69) is 15.4 Å². The molecule has 5 nitrogen and oxygen atoms in total. The molecule has 0 aliphatic heterocycles. The molecule has 126 valence electrons. The van der Waals surface area contributed by atoms with Crippen LogP contribution in [0.5, 0.6) is 0 Å². The Morgan fingerprint density at radius 2 is 2.04 bits per heavy atom. The van der Waals surface area contributed by atoms with Gasteiger partial charge in [-0.15, -0.1) is 0 Å². The molecule has 0 fully saturated rings. The largest absolute Gasteiger partial charge is 0.419 e. The van der Waals surface area contributed by atoms with Gasteiger partial charge in [-0.2, -0.15) is 22.8 Å². The van der Waals surface area contributed by atoms with E-state index in [0.29, 0.717) is 21.7 Å². The van der Waals surface area contributed by atoms with Gasteiger partial charge in [0.25, 0.3) is 5.56 Å². The smallest absolute Gasteiger partial charge is 0.379 e. The van der Waals surface area contributed by atoms with Crippen LogP contribution in [0.25, 0.3) is 4.96 Å². The molecule has 0 spiro atoms. The maximum Gasteiger partial charge on any atom is 0.419 e. The molecule has 3 aromatic rings. The maximum absolute atomic E-state index is 13.2. The van der Waals surface area contributed by atoms with Gasteiger partial charge in [0.15, 0.2) is 0 Å². The van der Waals surface area contributed by atoms with Crippen molar-refractivity contribution >= 4 is 22.0 Å². The van der Waals surface area contributed by atoms with Gasteiger partial charge >= 0.3 is 6.18 Å². The van der Waals surface area contributed by atoms with E-state index in [0.717, 1.165) is 10.6 Å². The Morgan fingerprint density at radius 1 is 1.29 bits per heavy atom. The second kappa shape index (κ2) is 5.86. The van der Waals surface area contributed by atoms with Gasteiger partial charge in [-0.3, -0.25) is 4.79 Å². The van der Waals surface area contributed by atoms with Crippen LogP contribution in [-0.2, 0) is 12.7 Å². The molecule has 2 aromatic heterocycles. The molecule has 24 heavy (non-hydrogen) atoms. The minimum atomic E-state index is -4.78. The predicted molar refractivity (Wildman–Crippen MR) is 80.6 cm³/mol. The highest BCUT2D eigenvalue weighted by Gasteiger charge is 2.34. The van der Waals surface area contributed by atoms with Crippen LogP contribution in [0.15, 0.2) is 29.1 Å². The SMILES string of the molecule is Cc1nn2c(=O)cc(CNc3ccc(F)c(C(F)(F)F)c3)nc2s1. The Balaban J connectivity index is 1.85. The van der Waals surface area contributed by atoms with Crippen LogP contribution in [0.4, 0.5) is 23.2 Å². The second-order valence-corrected chi connectivity index (χ2v) is 6.11. The summed E-state index contributed by atoms with van der Waals surface area (Å²) in [6.07, 6.45) is -4.78. The number of halogens is 4. The summed E-state index contributed by atoms with van der Waals surface area (Å²) in [6, 6.07) is 3.85. The third kappa shape index (κ3) is 3.23. The van der Waals surface area contributed by atoms with Crippen molar-refractivity contribution in [1.82, 2.24) is 14.6 Å². The Hall–Kier alpha value is -2.49. The van der Waals surface area contributed by atoms with Gasteiger partial charge in [0.1, 0.15) is 10.8 Å². The predicted octanol–water partition coefficient (Wildman–Crippen LogP) is 3.23. The van der Waals surface area contributed by atoms with Gasteiger partial charge in [0, 0.05) is 11.8 Å². The molecule has 2 heterocycles. The van der Waals surface area contributed by atoms with Crippen LogP contribution in [0.2, 0.25) is 0 Å². The van der Waals surface area contributed by atoms with Crippen molar-refractivity contribution in [3.63, 3.8) is 0 Å². The monoisotopic (exact) mass is 358 g/mol. The van der Waals surface area contributed by atoms with Crippen molar-refractivity contribution in [2.24, 2.45) is 0 Å². The number of anilines is 1. The number of fused-ring (bicyclic) bond motifs is 1. The topological polar surface area (TPSA) is 59.3 Å². The molecule has 0 radical (unpaired) electrons. The molecule has 0 saturated carbocycles. The zero-order chi connectivity index (χ0) is 17.5. The number of nitrogens with zero attached hydrogens (tertiary/aromatic N) is 3. The van der Waals surface area contributed by atoms with Crippen molar-refractivity contribution < 1.29 is 17.6 Å². The molecular formula is C14H10F4N4OS. The number of alkyl halides is 3. The Morgan fingerprint density at radius 3 is 2.75 bits per heavy atom. The van der Waals surface area contributed by atoms with Gasteiger partial charge in [-0.25, -0.2) is 9.37 Å². The lowest BCUT2D eigenvalue weighted by molar-refractivity contribution is -0.139. The van der Waals surface area contributed by atoms with E-state index in [4.69, 9.17) is 0 Å². The van der Waals surface area contributed by atoms with Gasteiger partial charge in [-0.05, 0) is 25.1 Å². The van der Waals surface area contributed by atoms with E-state index in [9.17, 15) is 22.4 Å². The second-order valence-electron chi connectivity index (χ2n) is 4.95. The number of benzene rings is 1. The Kier molecular flexibility index (Phi) is 3.99. The van der Waals surface area contributed by atoms with Gasteiger partial charge < -0.3 is 5.32 Å². The lowest BCUT2D eigenvalue weighted by Crippen LogP contribution is -2.17. The summed E-state index contributed by atoms with van der Waals surface area (Å²) in [5, 5.41) is 7.36. The number of nitrogens with one attached hydrogen (secondary N) is 1. The molecule has 0 bridgehead atoms. The summed E-state index contributed by atoms with van der Waals surface area (Å²) < 4.78 is 52.5. The molecule has 1 N–H and O–H groups in total. The number of hydrogen-bond donors (Lipinski definition) is 1. The first-order valence-corrected chi connectivity index (χ1v) is 7.53. The van der Waals surface area contributed by atoms with E-state index >= 15 is 0 Å². The van der Waals surface area contributed by atoms with E-state index in [-0.39, 0.29) is 17.8 Å². The highest BCUT2D eigenvalue weighted by molar-refractivity contribution is 7.16. The number of hydrogen-bond acceptors (Lipinski definition) is 5. The van der Waals surface area contributed by atoms with Gasteiger partial charge in [0.05, 0.1) is 17.8 Å². The lowest BCUT2D eigenvalue weighted by Gasteiger charge is -2.11. The van der Waals surface area contributed by atoms with Crippen LogP contribution in [0, 0.1) is 12.7 Å². The minimum absolute atomic E-state index is 0.0195. The maximum atomic E-state index is 13.2. The summed E-state index contributed by atoms with van der Waals surface area (Å²) >= 11 is 1.22. The van der Waals surface area contributed by atoms with Crippen molar-refractivity contribution in [2.75, 3.05) is 5.32 Å². The first-order valence-electron chi connectivity index (χ1n) is 6.71. The number of aromatic nitrogens is 3. The van der Waals surface area contributed by atoms with E-state index < -0.39 is 17.6 Å². The van der Waals surface area contributed by atoms with E-state index in [1.54, 1.807) is 6.92 Å². The van der Waals surface area contributed by atoms with Crippen molar-refractivity contribution in [2.45, 2.75) is 19.6 Å². The molecule has 0 unspecified atom stereocenters. The molecule has 0 amide bonds. The van der Waals surface area contributed by atoms with E-state index in [1.807, 2.05) is 0 Å². The summed E-state index contributed by atoms with van der Waals surface area (Å²) in [7, 11) is 0. The first-order chi connectivity index (χ1) is 11.2. The molecule has 0 aliphatic carbocycles. The molecule has 0 atom stereocenters. The summed E-state index contributed by atoms with van der Waals surface area (Å²) in [5.74, 6) is -1.34. The summed E-state index contributed by atoms with van der Waals surface area (Å²) in [6.45, 7) is 1.75. The first kappa shape index (κ1) is 16.4. The summed E-state index contributed by atoms with van der Waals surface area (Å²) in [5.41, 5.74) is -1.31. The van der Waals surface area contributed by atoms with Crippen LogP contribution in [0.1, 0.15) is 16.3 Å². The van der Waals surface area contributed by atoms with Gasteiger partial charge in [0.2, 0.25) is 4.96 Å². The highest BCUT2D eigenvalue weighted by Crippen LogP contribution is 2.33. The zero-order valence-electron chi connectivity index (χ0n) is 12.2. The lowest BCUT2D eigenvalue weighted by atomic mass is 10.2. The molecule has 1 aromatic carbocycles. The van der Waals surface area contributed by atoms with Crippen LogP contribution in [0.3, 0.4) is 0 Å². The fourth-order valence-corrected chi connectivity index (χ4v) is 2.85. The quantitative estimate of drug-likeness (QED) is 0.731. The van der Waals surface area contributed by atoms with Crippen LogP contribution < -0.4 is 10.9 Å². The van der Waals surface area contributed by atoms with Crippen molar-refractivity contribution in [1.29, 1.82) is 0 Å². The normalized spacial score (nSPS) is 11.9. The van der Waals surface area contributed by atoms with Crippen LogP contribution in [-0.4, -0.2) is 14.6 Å². The summed E-state index contributed by atoms with van der Waals surface area (Å²) in [4.78, 5) is 16.5. The Labute approximate surface area is 136 Å². The zero-order valence-corrected chi connectivity index (χ0v) is 13.0.